The van der Waals surface area contributed by atoms with Gasteiger partial charge >= 0.3 is 17.9 Å². The molecule has 0 amide bonds. The third-order valence-electron chi connectivity index (χ3n) is 16.0. The fourth-order valence-corrected chi connectivity index (χ4v) is 14.2. The fourth-order valence-electron chi connectivity index (χ4n) is 11.9. The summed E-state index contributed by atoms with van der Waals surface area (Å²) in [5.41, 5.74) is -2.67. The predicted molar refractivity (Wildman–Crippen MR) is 274 cm³/mol. The van der Waals surface area contributed by atoms with Crippen LogP contribution in [0.1, 0.15) is 94.1 Å². The minimum atomic E-state index is -1.40. The van der Waals surface area contributed by atoms with Crippen molar-refractivity contribution < 1.29 is 71.3 Å². The first-order chi connectivity index (χ1) is 33.4. The number of cyclic esters (lactones) is 1. The van der Waals surface area contributed by atoms with Gasteiger partial charge in [-0.1, -0.05) is 32.9 Å². The summed E-state index contributed by atoms with van der Waals surface area (Å²) in [5.74, 6) is -4.18. The van der Waals surface area contributed by atoms with Gasteiger partial charge in [-0.2, -0.15) is 0 Å². The van der Waals surface area contributed by atoms with Crippen LogP contribution in [0.4, 0.5) is 0 Å². The van der Waals surface area contributed by atoms with Crippen LogP contribution in [-0.4, -0.2) is 177 Å². The maximum Gasteiger partial charge on any atom is 0.320 e. The molecule has 5 heterocycles. The van der Waals surface area contributed by atoms with Gasteiger partial charge in [0.25, 0.3) is 0 Å². The van der Waals surface area contributed by atoms with Crippen molar-refractivity contribution in [2.75, 3.05) is 61.7 Å². The van der Waals surface area contributed by atoms with E-state index in [9.17, 15) is 9.59 Å². The molecule has 5 aliphatic rings. The van der Waals surface area contributed by atoms with Crippen molar-refractivity contribution in [3.8, 4) is 5.75 Å². The van der Waals surface area contributed by atoms with Crippen molar-refractivity contribution in [3.05, 3.63) is 29.8 Å². The second kappa shape index (κ2) is 24.2. The number of thioether (sulfide) groups is 1. The van der Waals surface area contributed by atoms with Crippen molar-refractivity contribution in [3.63, 3.8) is 0 Å². The average Bonchev–Trinajstić information content (AvgIpc) is 3.60. The highest BCUT2D eigenvalue weighted by molar-refractivity contribution is 14.1. The predicted octanol–water partition coefficient (Wildman–Crippen LogP) is 6.46. The lowest BCUT2D eigenvalue weighted by molar-refractivity contribution is -0.315. The van der Waals surface area contributed by atoms with Crippen molar-refractivity contribution >= 4 is 58.0 Å². The van der Waals surface area contributed by atoms with Crippen LogP contribution in [0.25, 0.3) is 0 Å². The molecule has 0 spiro atoms. The standard InChI is InChI=1S/C52H81IN2O15S/c1-28-25-50(8,61-14)44(68-48-40(54(11)12)37(24-29(2)64-48)55-20-22-63-23-21-55)31(4)42(67-38-26-51(9,62-15)45(33(6)65-38)66-34(7)56)32(5)46(58)69-49(53)52(10)39(30(3)41(28)57)43(47(59)70-52)71-27-35-16-18-36(60-13)19-17-35/h16-19,28-33,37-40,42-45,48-49H,20-27H2,1-15H3/t28-,29-,30-,31+,32-,33+,37-,38+,39+,40?,42+,43?,44-,45+,48+,49+,50-,51-,52+/m1/s1. The van der Waals surface area contributed by atoms with E-state index in [1.165, 1.54) is 18.7 Å². The van der Waals surface area contributed by atoms with E-state index in [2.05, 4.69) is 16.7 Å². The van der Waals surface area contributed by atoms with Gasteiger partial charge in [0.05, 0.1) is 62.3 Å². The number of carbonyl (C=O) groups is 4. The molecule has 5 aliphatic heterocycles. The van der Waals surface area contributed by atoms with Crippen LogP contribution in [-0.2, 0) is 72.3 Å². The second-order valence-corrected chi connectivity index (χ2v) is 23.6. The molecule has 5 fully saturated rings. The number of morpholine rings is 1. The van der Waals surface area contributed by atoms with Crippen LogP contribution in [0, 0.1) is 29.6 Å². The summed E-state index contributed by atoms with van der Waals surface area (Å²) in [4.78, 5) is 61.3. The molecule has 1 aromatic rings. The van der Waals surface area contributed by atoms with Gasteiger partial charge in [0.1, 0.15) is 22.4 Å². The number of hydrogen-bond acceptors (Lipinski definition) is 18. The van der Waals surface area contributed by atoms with Crippen molar-refractivity contribution in [1.82, 2.24) is 9.80 Å². The van der Waals surface area contributed by atoms with Crippen LogP contribution in [0.3, 0.4) is 0 Å². The summed E-state index contributed by atoms with van der Waals surface area (Å²) in [6, 6.07) is 7.44. The van der Waals surface area contributed by atoms with Crippen LogP contribution in [0.5, 0.6) is 5.75 Å². The smallest absolute Gasteiger partial charge is 0.320 e. The Labute approximate surface area is 439 Å². The lowest BCUT2D eigenvalue weighted by Gasteiger charge is -2.52. The monoisotopic (exact) mass is 1130 g/mol. The number of ketones is 1. The number of ether oxygens (including phenoxy) is 11. The molecule has 17 nitrogen and oxygen atoms in total. The van der Waals surface area contributed by atoms with Crippen LogP contribution in [0.15, 0.2) is 24.3 Å². The lowest BCUT2D eigenvalue weighted by Crippen LogP contribution is -2.65. The Morgan fingerprint density at radius 1 is 0.859 bits per heavy atom. The Morgan fingerprint density at radius 3 is 2.08 bits per heavy atom. The number of benzene rings is 1. The van der Waals surface area contributed by atoms with Gasteiger partial charge in [0.15, 0.2) is 28.4 Å². The molecule has 71 heavy (non-hydrogen) atoms. The minimum absolute atomic E-state index is 0.0587. The zero-order chi connectivity index (χ0) is 52.3. The molecule has 0 saturated carbocycles. The van der Waals surface area contributed by atoms with Crippen molar-refractivity contribution in [2.24, 2.45) is 29.6 Å². The fraction of sp³-hybridized carbons (Fsp3) is 0.808. The Balaban J connectivity index is 1.44. The molecule has 19 atom stereocenters. The molecule has 5 saturated heterocycles. The van der Waals surface area contributed by atoms with Crippen LogP contribution in [0.2, 0.25) is 0 Å². The van der Waals surface area contributed by atoms with Crippen LogP contribution >= 0.6 is 34.4 Å². The second-order valence-electron chi connectivity index (χ2n) is 21.3. The number of alkyl halides is 1. The van der Waals surface area contributed by atoms with Crippen molar-refractivity contribution in [2.45, 2.75) is 176 Å². The highest BCUT2D eigenvalue weighted by Gasteiger charge is 2.62. The van der Waals surface area contributed by atoms with Gasteiger partial charge in [-0.25, -0.2) is 0 Å². The Hall–Kier alpha value is -2.18. The maximum absolute atomic E-state index is 15.2. The van der Waals surface area contributed by atoms with Gasteiger partial charge in [0.2, 0.25) is 0 Å². The third-order valence-corrected chi connectivity index (χ3v) is 18.8. The molecule has 19 heteroatoms. The zero-order valence-corrected chi connectivity index (χ0v) is 47.5. The molecule has 402 valence electrons. The summed E-state index contributed by atoms with van der Waals surface area (Å²) in [7, 11) is 8.82. The summed E-state index contributed by atoms with van der Waals surface area (Å²) >= 11 is 3.44. The summed E-state index contributed by atoms with van der Waals surface area (Å²) in [6.07, 6.45) is -4.09. The minimum Gasteiger partial charge on any atom is -0.497 e. The van der Waals surface area contributed by atoms with E-state index in [0.717, 1.165) is 25.1 Å². The number of hydrogen-bond donors (Lipinski definition) is 0. The van der Waals surface area contributed by atoms with E-state index in [1.807, 2.05) is 95.6 Å². The number of nitrogens with zero attached hydrogens (tertiary/aromatic N) is 2. The number of rotatable bonds is 13. The number of methoxy groups -OCH3 is 3. The van der Waals surface area contributed by atoms with E-state index in [4.69, 9.17) is 52.1 Å². The number of fused-ring (bicyclic) bond motifs is 1. The maximum atomic E-state index is 15.2. The highest BCUT2D eigenvalue weighted by atomic mass is 127. The van der Waals surface area contributed by atoms with Crippen LogP contribution < -0.4 is 4.74 Å². The molecule has 0 aromatic heterocycles. The Morgan fingerprint density at radius 2 is 1.49 bits per heavy atom. The molecule has 0 N–H and O–H groups in total. The third kappa shape index (κ3) is 12.7. The number of likely N-dealkylation sites (N-methyl/N-ethyl adjacent to an activating group) is 1. The molecule has 0 bridgehead atoms. The topological polar surface area (TPSA) is 176 Å². The molecular weight excluding hydrogens is 1050 g/mol. The molecule has 0 aliphatic carbocycles. The molecule has 0 radical (unpaired) electrons. The lowest BCUT2D eigenvalue weighted by atomic mass is 9.72. The summed E-state index contributed by atoms with van der Waals surface area (Å²) in [5, 5.41) is -0.764. The average molecular weight is 1130 g/mol. The van der Waals surface area contributed by atoms with E-state index in [1.54, 1.807) is 42.1 Å². The highest BCUT2D eigenvalue weighted by Crippen LogP contribution is 2.51. The van der Waals surface area contributed by atoms with Gasteiger partial charge in [-0.15, -0.1) is 11.8 Å². The molecule has 2 unspecified atom stereocenters. The Bertz CT molecular complexity index is 1980. The van der Waals surface area contributed by atoms with Gasteiger partial charge in [-0.3, -0.25) is 24.1 Å². The summed E-state index contributed by atoms with van der Waals surface area (Å²) in [6.45, 7) is 21.0. The zero-order valence-electron chi connectivity index (χ0n) is 44.5. The van der Waals surface area contributed by atoms with E-state index in [-0.39, 0.29) is 36.8 Å². The Kier molecular flexibility index (Phi) is 19.8. The quantitative estimate of drug-likeness (QED) is 0.0909. The van der Waals surface area contributed by atoms with E-state index < -0.39 is 111 Å². The molecule has 6 rings (SSSR count). The first kappa shape index (κ1) is 58.1. The van der Waals surface area contributed by atoms with Crippen molar-refractivity contribution in [1.29, 1.82) is 0 Å². The van der Waals surface area contributed by atoms with E-state index in [0.29, 0.717) is 24.7 Å². The number of Topliss-reactive ketones (excluding diaryl/α,β-unsaturated/α-hetero) is 1. The largest absolute Gasteiger partial charge is 0.497 e. The molecule has 1 aromatic carbocycles. The number of halogens is 1. The van der Waals surface area contributed by atoms with Gasteiger partial charge in [0, 0.05) is 76.1 Å². The van der Waals surface area contributed by atoms with Gasteiger partial charge < -0.3 is 57.0 Å². The normalized spacial score (nSPS) is 42.2. The summed E-state index contributed by atoms with van der Waals surface area (Å²) < 4.78 is 69.2. The first-order valence-electron chi connectivity index (χ1n) is 25.1. The van der Waals surface area contributed by atoms with E-state index >= 15 is 9.59 Å². The number of carbonyl (C=O) groups excluding carboxylic acids is 4. The SMILES string of the molecule is COc1ccc(CSC2C(=O)O[C@@]3(C)[C@H]2[C@@H](C)C(=O)[C@H](C)C[C@@](C)(OC)[C@H](O[C@@H]2O[C@H](C)C[C@@H](N4CCOCC4)C2N(C)C)[C@@H](C)[C@H](O[C@H]2C[C@@](C)(OC)[C@@H](OC(C)=O)[C@H](C)O2)[C@@H](C)C(=O)O[C@@H]3I)cc1. The molecular formula is C52H81IN2O15S. The first-order valence-corrected chi connectivity index (χ1v) is 27.4. The number of esters is 3. The van der Waals surface area contributed by atoms with Gasteiger partial charge in [-0.05, 0) is 109 Å².